The van der Waals surface area contributed by atoms with Crippen molar-refractivity contribution in [3.63, 3.8) is 0 Å². The van der Waals surface area contributed by atoms with Gasteiger partial charge in [0.1, 0.15) is 28.2 Å². The normalized spacial score (nSPS) is 16.6. The number of aliphatic hydroxyl groups is 1. The van der Waals surface area contributed by atoms with Gasteiger partial charge in [-0.2, -0.15) is 4.37 Å². The van der Waals surface area contributed by atoms with E-state index in [0.29, 0.717) is 41.1 Å². The van der Waals surface area contributed by atoms with Gasteiger partial charge in [0.05, 0.1) is 5.01 Å². The van der Waals surface area contributed by atoms with E-state index in [-0.39, 0.29) is 22.4 Å². The lowest BCUT2D eigenvalue weighted by atomic mass is 10.1. The van der Waals surface area contributed by atoms with Crippen LogP contribution >= 0.6 is 22.9 Å². The van der Waals surface area contributed by atoms with Crippen molar-refractivity contribution in [2.24, 2.45) is 0 Å². The first-order valence-corrected chi connectivity index (χ1v) is 13.5. The maximum absolute atomic E-state index is 13.4. The lowest BCUT2D eigenvalue weighted by molar-refractivity contribution is 0.0658. The molecule has 1 fully saturated rings. The fourth-order valence-electron chi connectivity index (χ4n) is 4.27. The number of amides is 1. The maximum atomic E-state index is 13.4. The highest BCUT2D eigenvalue weighted by Gasteiger charge is 2.34. The Morgan fingerprint density at radius 3 is 2.47 bits per heavy atom. The third-order valence-corrected chi connectivity index (χ3v) is 7.94. The van der Waals surface area contributed by atoms with Crippen LogP contribution < -0.4 is 9.64 Å². The number of hydrogen-bond acceptors (Lipinski definition) is 9. The van der Waals surface area contributed by atoms with E-state index in [0.717, 1.165) is 17.1 Å². The van der Waals surface area contributed by atoms with Gasteiger partial charge in [-0.05, 0) is 43.7 Å². The largest absolute Gasteiger partial charge is 0.457 e. The first kappa shape index (κ1) is 26.1. The standard InChI is InChI=1S/C26H25F2N5O3S2/c1-15-14-32(12-13-33(15)25(35)20-22(23(27)28)37-16(2)29-20)26-30-24(31-38-26)21(34)17-8-10-19(11-9-17)36-18-6-4-3-5-7-18/h3-11,15,21,23,34H,12-14H2,1-2H3. The summed E-state index contributed by atoms with van der Waals surface area (Å²) in [5.74, 6) is 1.17. The summed E-state index contributed by atoms with van der Waals surface area (Å²) in [6.07, 6.45) is -3.75. The predicted octanol–water partition coefficient (Wildman–Crippen LogP) is 5.47. The minimum Gasteiger partial charge on any atom is -0.457 e. The topological polar surface area (TPSA) is 91.7 Å². The second kappa shape index (κ2) is 11.1. The monoisotopic (exact) mass is 557 g/mol. The van der Waals surface area contributed by atoms with Crippen molar-refractivity contribution in [1.29, 1.82) is 0 Å². The van der Waals surface area contributed by atoms with E-state index in [2.05, 4.69) is 14.3 Å². The van der Waals surface area contributed by atoms with E-state index >= 15 is 0 Å². The summed E-state index contributed by atoms with van der Waals surface area (Å²) in [6.45, 7) is 4.72. The number of para-hydroxylation sites is 1. The summed E-state index contributed by atoms with van der Waals surface area (Å²) in [5, 5.41) is 11.9. The van der Waals surface area contributed by atoms with Crippen molar-refractivity contribution in [2.75, 3.05) is 24.5 Å². The van der Waals surface area contributed by atoms with Crippen molar-refractivity contribution >= 4 is 33.9 Å². The fraction of sp³-hybridized carbons (Fsp3) is 0.308. The van der Waals surface area contributed by atoms with Gasteiger partial charge in [0.15, 0.2) is 5.82 Å². The maximum Gasteiger partial charge on any atom is 0.275 e. The van der Waals surface area contributed by atoms with Crippen LogP contribution in [0.25, 0.3) is 0 Å². The van der Waals surface area contributed by atoms with E-state index in [1.165, 1.54) is 11.5 Å². The zero-order valence-electron chi connectivity index (χ0n) is 20.6. The molecule has 0 spiro atoms. The Kier molecular flexibility index (Phi) is 7.63. The molecule has 2 unspecified atom stereocenters. The number of aromatic nitrogens is 3. The van der Waals surface area contributed by atoms with Crippen molar-refractivity contribution in [2.45, 2.75) is 32.4 Å². The molecule has 4 aromatic rings. The average molecular weight is 558 g/mol. The van der Waals surface area contributed by atoms with E-state index in [1.54, 1.807) is 36.1 Å². The van der Waals surface area contributed by atoms with Gasteiger partial charge in [-0.3, -0.25) is 4.79 Å². The Balaban J connectivity index is 1.22. The molecule has 0 radical (unpaired) electrons. The smallest absolute Gasteiger partial charge is 0.275 e. The van der Waals surface area contributed by atoms with E-state index in [9.17, 15) is 18.7 Å². The lowest BCUT2D eigenvalue weighted by Gasteiger charge is -2.39. The van der Waals surface area contributed by atoms with E-state index < -0.39 is 18.4 Å². The number of benzene rings is 2. The summed E-state index contributed by atoms with van der Waals surface area (Å²) in [5.41, 5.74) is 0.469. The number of halogens is 2. The lowest BCUT2D eigenvalue weighted by Crippen LogP contribution is -2.54. The second-order valence-corrected chi connectivity index (χ2v) is 10.8. The third-order valence-electron chi connectivity index (χ3n) is 6.17. The zero-order chi connectivity index (χ0) is 26.8. The number of aliphatic hydroxyl groups excluding tert-OH is 1. The summed E-state index contributed by atoms with van der Waals surface area (Å²) >= 11 is 2.02. The molecule has 0 aliphatic carbocycles. The quantitative estimate of drug-likeness (QED) is 0.322. The number of thiazole rings is 1. The van der Waals surface area contributed by atoms with E-state index in [4.69, 9.17) is 4.74 Å². The molecule has 8 nitrogen and oxygen atoms in total. The zero-order valence-corrected chi connectivity index (χ0v) is 22.3. The van der Waals surface area contributed by atoms with Gasteiger partial charge in [0.2, 0.25) is 5.13 Å². The molecule has 0 saturated carbocycles. The van der Waals surface area contributed by atoms with Gasteiger partial charge in [0, 0.05) is 37.2 Å². The van der Waals surface area contributed by atoms with Gasteiger partial charge in [-0.25, -0.2) is 18.7 Å². The summed E-state index contributed by atoms with van der Waals surface area (Å²) < 4.78 is 36.9. The van der Waals surface area contributed by atoms with E-state index in [1.807, 2.05) is 42.2 Å². The van der Waals surface area contributed by atoms with Crippen LogP contribution in [0.3, 0.4) is 0 Å². The Bertz CT molecular complexity index is 1400. The molecule has 2 aromatic heterocycles. The highest BCUT2D eigenvalue weighted by Crippen LogP contribution is 2.32. The highest BCUT2D eigenvalue weighted by molar-refractivity contribution is 7.12. The van der Waals surface area contributed by atoms with Gasteiger partial charge < -0.3 is 19.6 Å². The average Bonchev–Trinajstić information content (AvgIpc) is 3.56. The molecule has 5 rings (SSSR count). The number of alkyl halides is 2. The van der Waals surface area contributed by atoms with Crippen LogP contribution in [0.1, 0.15) is 51.2 Å². The van der Waals surface area contributed by atoms with Crippen molar-refractivity contribution in [3.8, 4) is 11.5 Å². The van der Waals surface area contributed by atoms with Crippen LogP contribution in [0.4, 0.5) is 13.9 Å². The molecular formula is C26H25F2N5O3S2. The molecule has 1 aliphatic heterocycles. The molecular weight excluding hydrogens is 532 g/mol. The Labute approximate surface area is 226 Å². The van der Waals surface area contributed by atoms with Gasteiger partial charge in [0.25, 0.3) is 12.3 Å². The van der Waals surface area contributed by atoms with Crippen LogP contribution in [0, 0.1) is 6.92 Å². The van der Waals surface area contributed by atoms with Crippen LogP contribution in [0.2, 0.25) is 0 Å². The number of ether oxygens (including phenoxy) is 1. The first-order valence-electron chi connectivity index (χ1n) is 12.0. The number of rotatable bonds is 7. The minimum atomic E-state index is -2.74. The summed E-state index contributed by atoms with van der Waals surface area (Å²) in [7, 11) is 0. The summed E-state index contributed by atoms with van der Waals surface area (Å²) in [6, 6.07) is 16.3. The van der Waals surface area contributed by atoms with Crippen LogP contribution in [-0.4, -0.2) is 55.9 Å². The van der Waals surface area contributed by atoms with Crippen LogP contribution in [0.5, 0.6) is 11.5 Å². The molecule has 1 aliphatic rings. The number of carbonyl (C=O) groups excluding carboxylic acids is 1. The predicted molar refractivity (Wildman–Crippen MR) is 141 cm³/mol. The summed E-state index contributed by atoms with van der Waals surface area (Å²) in [4.78, 5) is 24.9. The molecule has 1 N–H and O–H groups in total. The molecule has 2 aromatic carbocycles. The Morgan fingerprint density at radius 1 is 1.08 bits per heavy atom. The first-order chi connectivity index (χ1) is 18.3. The van der Waals surface area contributed by atoms with Crippen molar-refractivity contribution in [3.05, 3.63) is 81.6 Å². The SMILES string of the molecule is Cc1nc(C(=O)N2CCN(c3nc(C(O)c4ccc(Oc5ccccc5)cc4)ns3)CC2C)c(C(F)F)s1. The molecule has 198 valence electrons. The number of piperazine rings is 1. The Hall–Kier alpha value is -3.48. The fourth-order valence-corrected chi connectivity index (χ4v) is 5.78. The molecule has 3 heterocycles. The molecule has 2 atom stereocenters. The number of carbonyl (C=O) groups is 1. The van der Waals surface area contributed by atoms with Gasteiger partial charge in [-0.1, -0.05) is 30.3 Å². The van der Waals surface area contributed by atoms with Gasteiger partial charge in [-0.15, -0.1) is 11.3 Å². The highest BCUT2D eigenvalue weighted by atomic mass is 32.1. The minimum absolute atomic E-state index is 0.163. The Morgan fingerprint density at radius 2 is 1.79 bits per heavy atom. The van der Waals surface area contributed by atoms with Crippen molar-refractivity contribution < 1.29 is 23.4 Å². The third kappa shape index (κ3) is 5.52. The van der Waals surface area contributed by atoms with Crippen LogP contribution in [-0.2, 0) is 0 Å². The van der Waals surface area contributed by atoms with Gasteiger partial charge >= 0.3 is 0 Å². The van der Waals surface area contributed by atoms with Crippen molar-refractivity contribution in [1.82, 2.24) is 19.2 Å². The molecule has 1 saturated heterocycles. The number of hydrogen-bond donors (Lipinski definition) is 1. The number of nitrogens with zero attached hydrogens (tertiary/aromatic N) is 5. The number of anilines is 1. The second-order valence-electron chi connectivity index (χ2n) is 8.86. The molecule has 38 heavy (non-hydrogen) atoms. The van der Waals surface area contributed by atoms with Crippen LogP contribution in [0.15, 0.2) is 54.6 Å². The number of aryl methyl sites for hydroxylation is 1. The molecule has 1 amide bonds. The molecule has 0 bridgehead atoms. The molecule has 12 heteroatoms.